The number of aryl methyl sites for hydroxylation is 2. The fraction of sp³-hybridized carbons (Fsp3) is 0.667. The molecule has 2 aromatic rings. The second-order valence-electron chi connectivity index (χ2n) is 6.38. The molecule has 3 N–H and O–H groups in total. The first kappa shape index (κ1) is 16.4. The molecule has 0 aliphatic heterocycles. The minimum atomic E-state index is -0.327. The van der Waals surface area contributed by atoms with Crippen LogP contribution >= 0.6 is 11.6 Å². The van der Waals surface area contributed by atoms with E-state index in [1.54, 1.807) is 4.68 Å². The summed E-state index contributed by atoms with van der Waals surface area (Å²) in [6, 6.07) is 0. The van der Waals surface area contributed by atoms with Crippen molar-refractivity contribution in [2.45, 2.75) is 45.3 Å². The van der Waals surface area contributed by atoms with Crippen molar-refractivity contribution in [3.05, 3.63) is 28.1 Å². The zero-order valence-corrected chi connectivity index (χ0v) is 14.4. The Balaban J connectivity index is 1.53. The van der Waals surface area contributed by atoms with Crippen LogP contribution in [-0.2, 0) is 13.6 Å². The number of hydrogen-bond donors (Lipinski definition) is 3. The largest absolute Gasteiger partial charge is 0.393 e. The zero-order valence-electron chi connectivity index (χ0n) is 13.7. The molecule has 0 saturated heterocycles. The number of nitrogens with one attached hydrogen (secondary N) is 2. The van der Waals surface area contributed by atoms with Crippen molar-refractivity contribution in [1.82, 2.24) is 30.3 Å². The molecule has 8 heteroatoms. The quantitative estimate of drug-likeness (QED) is 0.767. The molecule has 3 rings (SSSR count). The molecule has 0 radical (unpaired) electrons. The number of aliphatic hydroxyl groups excluding tert-OH is 1. The number of aromatic amines is 1. The number of hydrogen-bond acceptors (Lipinski definition) is 5. The topological polar surface area (TPSA) is 91.7 Å². The van der Waals surface area contributed by atoms with E-state index in [9.17, 15) is 5.11 Å². The average Bonchev–Trinajstić information content (AvgIpc) is 3.16. The van der Waals surface area contributed by atoms with Crippen molar-refractivity contribution in [2.75, 3.05) is 6.54 Å². The van der Waals surface area contributed by atoms with Gasteiger partial charge in [-0.2, -0.15) is 10.2 Å². The van der Waals surface area contributed by atoms with Gasteiger partial charge in [-0.3, -0.25) is 9.78 Å². The Morgan fingerprint density at radius 3 is 2.78 bits per heavy atom. The van der Waals surface area contributed by atoms with Crippen LogP contribution in [0.15, 0.2) is 0 Å². The van der Waals surface area contributed by atoms with E-state index in [4.69, 9.17) is 11.6 Å². The molecular weight excluding hydrogens is 316 g/mol. The van der Waals surface area contributed by atoms with Gasteiger partial charge >= 0.3 is 0 Å². The number of rotatable bonds is 5. The SMILES string of the molecule is Cc1nc([C@H]2C[C@H](CNCc3nn(C)c(C)c3Cl)[C@H](O)C2)n[nH]1. The van der Waals surface area contributed by atoms with E-state index < -0.39 is 0 Å². The molecule has 126 valence electrons. The van der Waals surface area contributed by atoms with Gasteiger partial charge in [0.25, 0.3) is 0 Å². The van der Waals surface area contributed by atoms with Gasteiger partial charge in [-0.15, -0.1) is 0 Å². The van der Waals surface area contributed by atoms with E-state index in [1.165, 1.54) is 0 Å². The zero-order chi connectivity index (χ0) is 16.6. The van der Waals surface area contributed by atoms with Crippen molar-refractivity contribution in [3.8, 4) is 0 Å². The molecular formula is C15H23ClN6O. The molecule has 2 heterocycles. The summed E-state index contributed by atoms with van der Waals surface area (Å²) in [4.78, 5) is 4.39. The van der Waals surface area contributed by atoms with Gasteiger partial charge in [-0.05, 0) is 32.6 Å². The number of aromatic nitrogens is 5. The minimum Gasteiger partial charge on any atom is -0.393 e. The first-order valence-electron chi connectivity index (χ1n) is 7.91. The Bertz CT molecular complexity index is 682. The molecule has 1 fully saturated rings. The van der Waals surface area contributed by atoms with Gasteiger partial charge in [0, 0.05) is 26.1 Å². The highest BCUT2D eigenvalue weighted by Gasteiger charge is 2.35. The van der Waals surface area contributed by atoms with Crippen molar-refractivity contribution in [2.24, 2.45) is 13.0 Å². The fourth-order valence-electron chi connectivity index (χ4n) is 3.22. The fourth-order valence-corrected chi connectivity index (χ4v) is 3.44. The summed E-state index contributed by atoms with van der Waals surface area (Å²) in [7, 11) is 1.88. The summed E-state index contributed by atoms with van der Waals surface area (Å²) in [6.07, 6.45) is 1.28. The summed E-state index contributed by atoms with van der Waals surface area (Å²) in [6.45, 7) is 5.17. The Morgan fingerprint density at radius 2 is 2.17 bits per heavy atom. The lowest BCUT2D eigenvalue weighted by molar-refractivity contribution is 0.131. The van der Waals surface area contributed by atoms with Gasteiger partial charge < -0.3 is 10.4 Å². The standard InChI is InChI=1S/C15H23ClN6O/c1-8-14(16)12(21-22(8)3)7-17-6-11-4-10(5-13(11)23)15-18-9(2)19-20-15/h10-11,13,17,23H,4-7H2,1-3H3,(H,18,19,20)/t10-,11+,13+/m0/s1. The number of aliphatic hydroxyl groups is 1. The highest BCUT2D eigenvalue weighted by molar-refractivity contribution is 6.31. The van der Waals surface area contributed by atoms with E-state index in [1.807, 2.05) is 20.9 Å². The van der Waals surface area contributed by atoms with E-state index in [2.05, 4.69) is 25.6 Å². The molecule has 3 atom stereocenters. The van der Waals surface area contributed by atoms with Crippen LogP contribution in [0.3, 0.4) is 0 Å². The van der Waals surface area contributed by atoms with E-state index >= 15 is 0 Å². The van der Waals surface area contributed by atoms with Crippen molar-refractivity contribution >= 4 is 11.6 Å². The average molecular weight is 339 g/mol. The number of nitrogens with zero attached hydrogens (tertiary/aromatic N) is 4. The van der Waals surface area contributed by atoms with E-state index in [0.717, 1.165) is 36.0 Å². The van der Waals surface area contributed by atoms with Crippen molar-refractivity contribution < 1.29 is 5.11 Å². The normalized spacial score (nSPS) is 24.5. The third kappa shape index (κ3) is 3.41. The summed E-state index contributed by atoms with van der Waals surface area (Å²) < 4.78 is 1.78. The number of halogens is 1. The summed E-state index contributed by atoms with van der Waals surface area (Å²) in [5, 5.41) is 25.8. The van der Waals surface area contributed by atoms with Crippen LogP contribution in [0.1, 0.15) is 41.8 Å². The third-order valence-corrected chi connectivity index (χ3v) is 5.15. The third-order valence-electron chi connectivity index (χ3n) is 4.66. The highest BCUT2D eigenvalue weighted by atomic mass is 35.5. The molecule has 0 spiro atoms. The first-order chi connectivity index (χ1) is 11.0. The molecule has 23 heavy (non-hydrogen) atoms. The molecule has 0 amide bonds. The van der Waals surface area contributed by atoms with Gasteiger partial charge in [-0.25, -0.2) is 4.98 Å². The number of H-pyrrole nitrogens is 1. The lowest BCUT2D eigenvalue weighted by Gasteiger charge is -2.14. The molecule has 1 saturated carbocycles. The van der Waals surface area contributed by atoms with Gasteiger partial charge in [-0.1, -0.05) is 11.6 Å². The van der Waals surface area contributed by atoms with Crippen LogP contribution < -0.4 is 5.32 Å². The highest BCUT2D eigenvalue weighted by Crippen LogP contribution is 2.36. The molecule has 0 unspecified atom stereocenters. The second-order valence-corrected chi connectivity index (χ2v) is 6.75. The second kappa shape index (κ2) is 6.59. The maximum atomic E-state index is 10.3. The van der Waals surface area contributed by atoms with E-state index in [-0.39, 0.29) is 17.9 Å². The first-order valence-corrected chi connectivity index (χ1v) is 8.29. The summed E-state index contributed by atoms with van der Waals surface area (Å²) >= 11 is 6.25. The summed E-state index contributed by atoms with van der Waals surface area (Å²) in [5.41, 5.74) is 1.81. The molecule has 1 aliphatic carbocycles. The van der Waals surface area contributed by atoms with Gasteiger partial charge in [0.05, 0.1) is 22.5 Å². The van der Waals surface area contributed by atoms with Gasteiger partial charge in [0.2, 0.25) is 0 Å². The predicted octanol–water partition coefficient (Wildman–Crippen LogP) is 1.45. The lowest BCUT2D eigenvalue weighted by Crippen LogP contribution is -2.27. The van der Waals surface area contributed by atoms with Gasteiger partial charge in [0.15, 0.2) is 5.82 Å². The maximum absolute atomic E-state index is 10.3. The molecule has 7 nitrogen and oxygen atoms in total. The van der Waals surface area contributed by atoms with Crippen LogP contribution in [0.5, 0.6) is 0 Å². The van der Waals surface area contributed by atoms with Crippen LogP contribution in [-0.4, -0.2) is 42.7 Å². The summed E-state index contributed by atoms with van der Waals surface area (Å²) in [5.74, 6) is 2.05. The van der Waals surface area contributed by atoms with Crippen LogP contribution in [0.4, 0.5) is 0 Å². The molecule has 0 aromatic carbocycles. The van der Waals surface area contributed by atoms with Crippen molar-refractivity contribution in [3.63, 3.8) is 0 Å². The Hall–Kier alpha value is -1.44. The molecule has 2 aromatic heterocycles. The van der Waals surface area contributed by atoms with Crippen LogP contribution in [0.25, 0.3) is 0 Å². The van der Waals surface area contributed by atoms with Crippen molar-refractivity contribution in [1.29, 1.82) is 0 Å². The van der Waals surface area contributed by atoms with Gasteiger partial charge in [0.1, 0.15) is 5.82 Å². The predicted molar refractivity (Wildman–Crippen MR) is 87.3 cm³/mol. The molecule has 1 aliphatic rings. The lowest BCUT2D eigenvalue weighted by atomic mass is 10.0. The van der Waals surface area contributed by atoms with E-state index in [0.29, 0.717) is 18.0 Å². The smallest absolute Gasteiger partial charge is 0.153 e. The minimum absolute atomic E-state index is 0.197. The maximum Gasteiger partial charge on any atom is 0.153 e. The Morgan fingerprint density at radius 1 is 1.39 bits per heavy atom. The Kier molecular flexibility index (Phi) is 4.70. The van der Waals surface area contributed by atoms with Crippen LogP contribution in [0, 0.1) is 19.8 Å². The Labute approximate surface area is 140 Å². The van der Waals surface area contributed by atoms with Crippen LogP contribution in [0.2, 0.25) is 5.02 Å². The monoisotopic (exact) mass is 338 g/mol. The molecule has 0 bridgehead atoms.